The predicted molar refractivity (Wildman–Crippen MR) is 104 cm³/mol. The Morgan fingerprint density at radius 3 is 2.20 bits per heavy atom. The highest BCUT2D eigenvalue weighted by atomic mass is 35.5. The first-order valence-electron chi connectivity index (χ1n) is 7.63. The predicted octanol–water partition coefficient (Wildman–Crippen LogP) is 3.78. The van der Waals surface area contributed by atoms with Crippen LogP contribution in [0.25, 0.3) is 0 Å². The Kier molecular flexibility index (Phi) is 6.76. The zero-order valence-corrected chi connectivity index (χ0v) is 16.5. The van der Waals surface area contributed by atoms with Crippen molar-refractivity contribution in [2.24, 2.45) is 11.7 Å². The molecule has 2 aromatic rings. The van der Waals surface area contributed by atoms with Gasteiger partial charge in [0.1, 0.15) is 0 Å². The van der Waals surface area contributed by atoms with E-state index < -0.39 is 10.0 Å². The average molecular weight is 422 g/mol. The second-order valence-corrected chi connectivity index (χ2v) is 8.75. The first-order chi connectivity index (χ1) is 11.4. The smallest absolute Gasteiger partial charge is 0.243 e. The van der Waals surface area contributed by atoms with Gasteiger partial charge in [-0.25, -0.2) is 8.42 Å². The summed E-state index contributed by atoms with van der Waals surface area (Å²) in [7, 11) is -3.66. The number of hydrogen-bond donors (Lipinski definition) is 1. The molecule has 25 heavy (non-hydrogen) atoms. The van der Waals surface area contributed by atoms with E-state index in [-0.39, 0.29) is 29.1 Å². The normalized spacial score (nSPS) is 21.1. The van der Waals surface area contributed by atoms with Crippen LogP contribution in [0.1, 0.15) is 11.5 Å². The minimum absolute atomic E-state index is 0. The molecule has 0 bridgehead atoms. The summed E-state index contributed by atoms with van der Waals surface area (Å²) in [6.45, 7) is 1.22. The van der Waals surface area contributed by atoms with E-state index in [1.54, 1.807) is 0 Å². The van der Waals surface area contributed by atoms with Crippen molar-refractivity contribution >= 4 is 45.6 Å². The van der Waals surface area contributed by atoms with E-state index in [0.29, 0.717) is 29.7 Å². The van der Waals surface area contributed by atoms with Gasteiger partial charge < -0.3 is 5.73 Å². The van der Waals surface area contributed by atoms with E-state index >= 15 is 0 Å². The average Bonchev–Trinajstić information content (AvgIpc) is 3.00. The van der Waals surface area contributed by atoms with Crippen LogP contribution in [-0.2, 0) is 10.0 Å². The van der Waals surface area contributed by atoms with E-state index in [0.717, 1.165) is 5.56 Å². The van der Waals surface area contributed by atoms with Crippen LogP contribution in [0.5, 0.6) is 0 Å². The van der Waals surface area contributed by atoms with Gasteiger partial charge in [0.05, 0.1) is 4.90 Å². The number of benzene rings is 2. The number of nitrogens with zero attached hydrogens (tertiary/aromatic N) is 1. The van der Waals surface area contributed by atoms with E-state index in [2.05, 4.69) is 0 Å². The van der Waals surface area contributed by atoms with Crippen LogP contribution in [-0.4, -0.2) is 32.4 Å². The molecular formula is C17H19Cl3N2O2S. The summed E-state index contributed by atoms with van der Waals surface area (Å²) in [6, 6.07) is 14.2. The summed E-state index contributed by atoms with van der Waals surface area (Å²) >= 11 is 11.9. The van der Waals surface area contributed by atoms with Crippen LogP contribution in [0, 0.1) is 5.92 Å². The fourth-order valence-corrected chi connectivity index (χ4v) is 5.42. The molecule has 1 fully saturated rings. The second-order valence-electron chi connectivity index (χ2n) is 5.94. The molecule has 0 aromatic heterocycles. The van der Waals surface area contributed by atoms with Crippen LogP contribution in [0.4, 0.5) is 0 Å². The van der Waals surface area contributed by atoms with Crippen molar-refractivity contribution in [3.63, 3.8) is 0 Å². The molecule has 136 valence electrons. The maximum atomic E-state index is 12.9. The monoisotopic (exact) mass is 420 g/mol. The number of sulfonamides is 1. The third kappa shape index (κ3) is 4.30. The highest BCUT2D eigenvalue weighted by Crippen LogP contribution is 2.36. The minimum atomic E-state index is -3.66. The largest absolute Gasteiger partial charge is 0.330 e. The molecule has 2 N–H and O–H groups in total. The van der Waals surface area contributed by atoms with E-state index in [1.807, 2.05) is 30.3 Å². The molecule has 0 unspecified atom stereocenters. The Bertz CT molecular complexity index is 811. The number of halogens is 3. The first kappa shape index (κ1) is 20.5. The lowest BCUT2D eigenvalue weighted by atomic mass is 9.89. The third-order valence-electron chi connectivity index (χ3n) is 4.41. The van der Waals surface area contributed by atoms with Crippen molar-refractivity contribution in [2.75, 3.05) is 19.6 Å². The zero-order chi connectivity index (χ0) is 17.3. The van der Waals surface area contributed by atoms with Crippen molar-refractivity contribution in [3.05, 3.63) is 64.1 Å². The number of rotatable bonds is 4. The first-order valence-corrected chi connectivity index (χ1v) is 9.82. The van der Waals surface area contributed by atoms with Gasteiger partial charge >= 0.3 is 0 Å². The molecule has 0 amide bonds. The van der Waals surface area contributed by atoms with Crippen molar-refractivity contribution in [2.45, 2.75) is 10.8 Å². The molecular weight excluding hydrogens is 403 g/mol. The molecule has 1 saturated heterocycles. The SMILES string of the molecule is Cl.NC[C@@H]1CN(S(=O)(=O)c2cc(Cl)cc(Cl)c2)C[C@H]1c1ccccc1. The summed E-state index contributed by atoms with van der Waals surface area (Å²) in [6.07, 6.45) is 0. The minimum Gasteiger partial charge on any atom is -0.330 e. The van der Waals surface area contributed by atoms with Crippen LogP contribution in [0.3, 0.4) is 0 Å². The Hall–Kier alpha value is -0.820. The standard InChI is InChI=1S/C17H18Cl2N2O2S.ClH/c18-14-6-15(19)8-16(7-14)24(22,23)21-10-13(9-20)17(11-21)12-4-2-1-3-5-12;/h1-8,13,17H,9-11,20H2;1H/t13-,17+;/m1./s1. The quantitative estimate of drug-likeness (QED) is 0.817. The molecule has 1 aliphatic heterocycles. The third-order valence-corrected chi connectivity index (χ3v) is 6.66. The van der Waals surface area contributed by atoms with Gasteiger partial charge in [-0.1, -0.05) is 53.5 Å². The highest BCUT2D eigenvalue weighted by molar-refractivity contribution is 7.89. The van der Waals surface area contributed by atoms with Crippen LogP contribution < -0.4 is 5.73 Å². The second kappa shape index (κ2) is 8.25. The summed E-state index contributed by atoms with van der Waals surface area (Å²) in [5.74, 6) is 0.164. The maximum absolute atomic E-state index is 12.9. The van der Waals surface area contributed by atoms with Gasteiger partial charge in [-0.2, -0.15) is 4.31 Å². The summed E-state index contributed by atoms with van der Waals surface area (Å²) in [4.78, 5) is 0.115. The molecule has 8 heteroatoms. The summed E-state index contributed by atoms with van der Waals surface area (Å²) in [5, 5.41) is 0.602. The van der Waals surface area contributed by atoms with Crippen molar-refractivity contribution in [3.8, 4) is 0 Å². The van der Waals surface area contributed by atoms with Crippen molar-refractivity contribution in [1.82, 2.24) is 4.31 Å². The lowest BCUT2D eigenvalue weighted by Gasteiger charge is -2.17. The zero-order valence-electron chi connectivity index (χ0n) is 13.3. The van der Waals surface area contributed by atoms with Gasteiger partial charge in [0.25, 0.3) is 0 Å². The van der Waals surface area contributed by atoms with Gasteiger partial charge in [0.15, 0.2) is 0 Å². The van der Waals surface area contributed by atoms with Crippen molar-refractivity contribution in [1.29, 1.82) is 0 Å². The summed E-state index contributed by atoms with van der Waals surface area (Å²) in [5.41, 5.74) is 7.00. The fourth-order valence-electron chi connectivity index (χ4n) is 3.17. The molecule has 2 aromatic carbocycles. The Morgan fingerprint density at radius 1 is 1.04 bits per heavy atom. The Morgan fingerprint density at radius 2 is 1.64 bits per heavy atom. The van der Waals surface area contributed by atoms with Gasteiger partial charge in [0, 0.05) is 29.1 Å². The van der Waals surface area contributed by atoms with Crippen molar-refractivity contribution < 1.29 is 8.42 Å². The molecule has 0 spiro atoms. The lowest BCUT2D eigenvalue weighted by Crippen LogP contribution is -2.30. The molecule has 3 rings (SSSR count). The van der Waals surface area contributed by atoms with Gasteiger partial charge in [-0.3, -0.25) is 0 Å². The molecule has 1 aliphatic rings. The number of nitrogens with two attached hydrogens (primary N) is 1. The molecule has 0 radical (unpaired) electrons. The van der Waals surface area contributed by atoms with Crippen LogP contribution >= 0.6 is 35.6 Å². The molecule has 0 saturated carbocycles. The Labute approximate surface area is 164 Å². The molecule has 0 aliphatic carbocycles. The Balaban J connectivity index is 0.00000225. The number of hydrogen-bond acceptors (Lipinski definition) is 3. The van der Waals surface area contributed by atoms with E-state index in [4.69, 9.17) is 28.9 Å². The highest BCUT2D eigenvalue weighted by Gasteiger charge is 2.39. The lowest BCUT2D eigenvalue weighted by molar-refractivity contribution is 0.459. The van der Waals surface area contributed by atoms with Crippen LogP contribution in [0.2, 0.25) is 10.0 Å². The van der Waals surface area contributed by atoms with Gasteiger partial charge in [-0.15, -0.1) is 12.4 Å². The molecule has 4 nitrogen and oxygen atoms in total. The molecule has 2 atom stereocenters. The molecule has 1 heterocycles. The van der Waals surface area contributed by atoms with Crippen LogP contribution in [0.15, 0.2) is 53.4 Å². The fraction of sp³-hybridized carbons (Fsp3) is 0.294. The summed E-state index contributed by atoms with van der Waals surface area (Å²) < 4.78 is 27.4. The van der Waals surface area contributed by atoms with Gasteiger partial charge in [0.2, 0.25) is 10.0 Å². The topological polar surface area (TPSA) is 63.4 Å². The van der Waals surface area contributed by atoms with Gasteiger partial charge in [-0.05, 0) is 36.2 Å². The van der Waals surface area contributed by atoms with E-state index in [9.17, 15) is 8.42 Å². The van der Waals surface area contributed by atoms with E-state index in [1.165, 1.54) is 22.5 Å². The maximum Gasteiger partial charge on any atom is 0.243 e.